The number of furan rings is 1. The van der Waals surface area contributed by atoms with Gasteiger partial charge < -0.3 is 19.8 Å². The minimum Gasteiger partial charge on any atom is -0.459 e. The summed E-state index contributed by atoms with van der Waals surface area (Å²) >= 11 is 0. The maximum atomic E-state index is 13.7. The van der Waals surface area contributed by atoms with Crippen molar-refractivity contribution in [3.05, 3.63) is 83.3 Å². The number of nitrogens with one attached hydrogen (secondary N) is 2. The van der Waals surface area contributed by atoms with E-state index in [1.165, 1.54) is 31.4 Å². The Balaban J connectivity index is 1.59. The molecule has 0 radical (unpaired) electrons. The van der Waals surface area contributed by atoms with Crippen molar-refractivity contribution in [2.75, 3.05) is 10.6 Å². The molecule has 3 aromatic rings. The highest BCUT2D eigenvalue weighted by molar-refractivity contribution is 6.04. The van der Waals surface area contributed by atoms with Crippen molar-refractivity contribution >= 4 is 29.2 Å². The number of ether oxygens (including phenoxy) is 1. The summed E-state index contributed by atoms with van der Waals surface area (Å²) in [5.74, 6) is -2.46. The van der Waals surface area contributed by atoms with Gasteiger partial charge in [-0.15, -0.1) is 0 Å². The lowest BCUT2D eigenvalue weighted by Gasteiger charge is -2.33. The molecule has 10 heteroatoms. The molecule has 1 aromatic heterocycles. The molecule has 1 aliphatic heterocycles. The van der Waals surface area contributed by atoms with Gasteiger partial charge in [-0.3, -0.25) is 9.59 Å². The van der Waals surface area contributed by atoms with Gasteiger partial charge in [0.05, 0.1) is 23.1 Å². The van der Waals surface area contributed by atoms with Gasteiger partial charge >= 0.3 is 12.1 Å². The quantitative estimate of drug-likeness (QED) is 0.555. The fraction of sp³-hybridized carbons (Fsp3) is 0.174. The van der Waals surface area contributed by atoms with Crippen LogP contribution in [0.5, 0.6) is 0 Å². The second-order valence-corrected chi connectivity index (χ2v) is 7.60. The van der Waals surface area contributed by atoms with Gasteiger partial charge in [-0.25, -0.2) is 4.79 Å². The number of benzene rings is 2. The average molecular weight is 458 g/mol. The predicted molar refractivity (Wildman–Crippen MR) is 111 cm³/mol. The number of halogens is 3. The Labute approximate surface area is 185 Å². The van der Waals surface area contributed by atoms with Gasteiger partial charge in [-0.05, 0) is 48.9 Å². The molecule has 4 rings (SSSR count). The number of amides is 2. The van der Waals surface area contributed by atoms with Gasteiger partial charge in [0.1, 0.15) is 0 Å². The van der Waals surface area contributed by atoms with Crippen LogP contribution in [0.3, 0.4) is 0 Å². The zero-order valence-electron chi connectivity index (χ0n) is 17.2. The third kappa shape index (κ3) is 4.45. The SMILES string of the molecule is CC1(C(=O)Nc2ccc(NC(=O)c3ccco3)cc2C(F)(F)F)Cc2ccccc2C(=O)O1. The van der Waals surface area contributed by atoms with Crippen molar-refractivity contribution in [3.8, 4) is 0 Å². The summed E-state index contributed by atoms with van der Waals surface area (Å²) in [5.41, 5.74) is -2.72. The molecule has 2 aromatic carbocycles. The summed E-state index contributed by atoms with van der Waals surface area (Å²) in [5, 5.41) is 4.53. The lowest BCUT2D eigenvalue weighted by atomic mass is 9.89. The molecule has 0 spiro atoms. The van der Waals surface area contributed by atoms with Crippen LogP contribution in [0.4, 0.5) is 24.5 Å². The molecule has 0 aliphatic carbocycles. The number of cyclic esters (lactones) is 1. The van der Waals surface area contributed by atoms with Crippen LogP contribution in [0.25, 0.3) is 0 Å². The van der Waals surface area contributed by atoms with Crippen LogP contribution in [-0.2, 0) is 22.1 Å². The Kier molecular flexibility index (Phi) is 5.44. The van der Waals surface area contributed by atoms with Crippen LogP contribution >= 0.6 is 0 Å². The van der Waals surface area contributed by atoms with Crippen molar-refractivity contribution < 1.29 is 36.7 Å². The molecule has 2 heterocycles. The highest BCUT2D eigenvalue weighted by Gasteiger charge is 2.43. The first-order chi connectivity index (χ1) is 15.6. The van der Waals surface area contributed by atoms with E-state index in [1.54, 1.807) is 24.3 Å². The molecule has 0 saturated carbocycles. The molecule has 7 nitrogen and oxygen atoms in total. The summed E-state index contributed by atoms with van der Waals surface area (Å²) in [4.78, 5) is 37.3. The first-order valence-corrected chi connectivity index (χ1v) is 9.76. The van der Waals surface area contributed by atoms with Crippen LogP contribution < -0.4 is 10.6 Å². The zero-order chi connectivity index (χ0) is 23.8. The maximum absolute atomic E-state index is 13.7. The number of alkyl halides is 3. The van der Waals surface area contributed by atoms with Crippen LogP contribution in [0.1, 0.15) is 39.0 Å². The lowest BCUT2D eigenvalue weighted by molar-refractivity contribution is -0.137. The second-order valence-electron chi connectivity index (χ2n) is 7.60. The fourth-order valence-corrected chi connectivity index (χ4v) is 3.48. The third-order valence-corrected chi connectivity index (χ3v) is 5.14. The average Bonchev–Trinajstić information content (AvgIpc) is 3.29. The highest BCUT2D eigenvalue weighted by Crippen LogP contribution is 2.38. The molecule has 1 unspecified atom stereocenters. The van der Waals surface area contributed by atoms with Crippen molar-refractivity contribution in [1.29, 1.82) is 0 Å². The minimum atomic E-state index is -4.84. The van der Waals surface area contributed by atoms with Gasteiger partial charge in [-0.2, -0.15) is 13.2 Å². The molecule has 2 amide bonds. The molecule has 2 N–H and O–H groups in total. The maximum Gasteiger partial charge on any atom is 0.418 e. The number of carbonyl (C=O) groups excluding carboxylic acids is 3. The van der Waals surface area contributed by atoms with Crippen LogP contribution in [0.15, 0.2) is 65.3 Å². The fourth-order valence-electron chi connectivity index (χ4n) is 3.48. The molecule has 1 atom stereocenters. The number of hydrogen-bond acceptors (Lipinski definition) is 5. The van der Waals surface area contributed by atoms with E-state index >= 15 is 0 Å². The summed E-state index contributed by atoms with van der Waals surface area (Å²) in [6, 6.07) is 12.3. The molecule has 33 heavy (non-hydrogen) atoms. The molecule has 0 saturated heterocycles. The molecule has 0 bridgehead atoms. The smallest absolute Gasteiger partial charge is 0.418 e. The van der Waals surface area contributed by atoms with E-state index < -0.39 is 40.8 Å². The summed E-state index contributed by atoms with van der Waals surface area (Å²) in [6.07, 6.45) is -3.59. The van der Waals surface area contributed by atoms with E-state index in [9.17, 15) is 27.6 Å². The van der Waals surface area contributed by atoms with Gasteiger partial charge in [0.15, 0.2) is 11.4 Å². The number of carbonyl (C=O) groups is 3. The molecule has 170 valence electrons. The highest BCUT2D eigenvalue weighted by atomic mass is 19.4. The monoisotopic (exact) mass is 458 g/mol. The minimum absolute atomic E-state index is 0.000609. The van der Waals surface area contributed by atoms with Crippen molar-refractivity contribution in [2.24, 2.45) is 0 Å². The Bertz CT molecular complexity index is 1240. The Morgan fingerprint density at radius 1 is 1.03 bits per heavy atom. The molecular weight excluding hydrogens is 441 g/mol. The first-order valence-electron chi connectivity index (χ1n) is 9.76. The van der Waals surface area contributed by atoms with E-state index in [-0.39, 0.29) is 17.9 Å². The number of esters is 1. The standard InChI is InChI=1S/C23H17F3N2O5/c1-22(12-13-5-2-3-6-15(13)20(30)33-22)21(31)28-17-9-8-14(11-16(17)23(24,25)26)27-19(29)18-7-4-10-32-18/h2-11H,12H2,1H3,(H,27,29)(H,28,31). The van der Waals surface area contributed by atoms with Crippen LogP contribution in [0.2, 0.25) is 0 Å². The topological polar surface area (TPSA) is 97.6 Å². The Hall–Kier alpha value is -4.08. The number of rotatable bonds is 4. The third-order valence-electron chi connectivity index (χ3n) is 5.14. The summed E-state index contributed by atoms with van der Waals surface area (Å²) in [6.45, 7) is 1.33. The zero-order valence-corrected chi connectivity index (χ0v) is 17.2. The van der Waals surface area contributed by atoms with Gasteiger partial charge in [-0.1, -0.05) is 18.2 Å². The van der Waals surface area contributed by atoms with E-state index in [1.807, 2.05) is 0 Å². The van der Waals surface area contributed by atoms with Gasteiger partial charge in [0.25, 0.3) is 11.8 Å². The van der Waals surface area contributed by atoms with Crippen molar-refractivity contribution in [3.63, 3.8) is 0 Å². The predicted octanol–water partition coefficient (Wildman–Crippen LogP) is 4.66. The van der Waals surface area contributed by atoms with E-state index in [0.29, 0.717) is 17.2 Å². The normalized spacial score (nSPS) is 17.6. The van der Waals surface area contributed by atoms with Crippen molar-refractivity contribution in [2.45, 2.75) is 25.1 Å². The summed E-state index contributed by atoms with van der Waals surface area (Å²) < 4.78 is 51.4. The molecule has 1 aliphatic rings. The van der Waals surface area contributed by atoms with E-state index in [0.717, 1.165) is 6.07 Å². The van der Waals surface area contributed by atoms with Gasteiger partial charge in [0.2, 0.25) is 0 Å². The van der Waals surface area contributed by atoms with Crippen molar-refractivity contribution in [1.82, 2.24) is 0 Å². The largest absolute Gasteiger partial charge is 0.459 e. The Morgan fingerprint density at radius 2 is 1.79 bits per heavy atom. The number of fused-ring (bicyclic) bond motifs is 1. The van der Waals surface area contributed by atoms with Crippen LogP contribution in [-0.4, -0.2) is 23.4 Å². The van der Waals surface area contributed by atoms with E-state index in [2.05, 4.69) is 10.6 Å². The molecular formula is C23H17F3N2O5. The first kappa shape index (κ1) is 22.1. The summed E-state index contributed by atoms with van der Waals surface area (Å²) in [7, 11) is 0. The second kappa shape index (κ2) is 8.12. The van der Waals surface area contributed by atoms with E-state index in [4.69, 9.17) is 9.15 Å². The van der Waals surface area contributed by atoms with Gasteiger partial charge in [0, 0.05) is 12.1 Å². The number of anilines is 2. The Morgan fingerprint density at radius 3 is 2.48 bits per heavy atom. The molecule has 0 fully saturated rings. The lowest BCUT2D eigenvalue weighted by Crippen LogP contribution is -2.49. The number of hydrogen-bond donors (Lipinski definition) is 2. The van der Waals surface area contributed by atoms with Crippen LogP contribution in [0, 0.1) is 0 Å².